The lowest BCUT2D eigenvalue weighted by Gasteiger charge is -2.27. The van der Waals surface area contributed by atoms with E-state index in [9.17, 15) is 26.4 Å². The standard InChI is InChI=1S/C17H15BrCl2FNO5S2/c1-2-29(26,27)6-5-22(28(24)25)16-9-13(18)12(8-15(16)20)17(23)11-4-3-10(21)7-14(11)19/h3-4,7-9H,2,5-6H2,1H3,(H,24,25)/p-1. The molecule has 0 amide bonds. The van der Waals surface area contributed by atoms with Crippen LogP contribution in [0.25, 0.3) is 0 Å². The van der Waals surface area contributed by atoms with Crippen molar-refractivity contribution in [2.24, 2.45) is 0 Å². The van der Waals surface area contributed by atoms with Crippen molar-refractivity contribution in [3.8, 4) is 0 Å². The molecule has 6 nitrogen and oxygen atoms in total. The Bertz CT molecular complexity index is 1080. The average Bonchev–Trinajstić information content (AvgIpc) is 2.63. The molecular formula is C17H14BrCl2FNO5S2-. The highest BCUT2D eigenvalue weighted by molar-refractivity contribution is 9.10. The second-order valence-corrected chi connectivity index (χ2v) is 10.8. The Morgan fingerprint density at radius 2 is 1.86 bits per heavy atom. The molecule has 2 aromatic rings. The second-order valence-electron chi connectivity index (χ2n) is 5.79. The van der Waals surface area contributed by atoms with Gasteiger partial charge in [0.2, 0.25) is 0 Å². The maximum absolute atomic E-state index is 13.2. The smallest absolute Gasteiger partial charge is 0.195 e. The molecule has 12 heteroatoms. The number of halogens is 4. The third-order valence-electron chi connectivity index (χ3n) is 3.95. The summed E-state index contributed by atoms with van der Waals surface area (Å²) in [5, 5.41) is -0.179. The van der Waals surface area contributed by atoms with E-state index in [4.69, 9.17) is 23.2 Å². The van der Waals surface area contributed by atoms with Crippen molar-refractivity contribution in [2.45, 2.75) is 6.92 Å². The molecule has 0 spiro atoms. The molecule has 0 aliphatic heterocycles. The monoisotopic (exact) mass is 544 g/mol. The lowest BCUT2D eigenvalue weighted by molar-refractivity contribution is 0.103. The number of ketones is 1. The molecule has 2 aromatic carbocycles. The van der Waals surface area contributed by atoms with E-state index in [-0.39, 0.29) is 43.6 Å². The van der Waals surface area contributed by atoms with Gasteiger partial charge in [-0.25, -0.2) is 12.8 Å². The van der Waals surface area contributed by atoms with E-state index in [1.807, 2.05) is 0 Å². The van der Waals surface area contributed by atoms with Gasteiger partial charge in [0, 0.05) is 39.2 Å². The molecule has 0 bridgehead atoms. The van der Waals surface area contributed by atoms with Gasteiger partial charge in [-0.2, -0.15) is 0 Å². The van der Waals surface area contributed by atoms with E-state index in [1.165, 1.54) is 25.1 Å². The molecule has 0 heterocycles. The van der Waals surface area contributed by atoms with Gasteiger partial charge in [0.05, 0.1) is 21.5 Å². The van der Waals surface area contributed by atoms with Gasteiger partial charge in [-0.15, -0.1) is 0 Å². The molecule has 0 saturated heterocycles. The van der Waals surface area contributed by atoms with Gasteiger partial charge in [-0.1, -0.05) is 30.1 Å². The highest BCUT2D eigenvalue weighted by Crippen LogP contribution is 2.35. The molecule has 0 aliphatic carbocycles. The first-order valence-corrected chi connectivity index (χ1v) is 12.4. The third-order valence-corrected chi connectivity index (χ3v) is 7.65. The van der Waals surface area contributed by atoms with Gasteiger partial charge < -0.3 is 8.86 Å². The van der Waals surface area contributed by atoms with Crippen LogP contribution in [-0.2, 0) is 21.1 Å². The Morgan fingerprint density at radius 3 is 2.41 bits per heavy atom. The van der Waals surface area contributed by atoms with E-state index < -0.39 is 38.5 Å². The second kappa shape index (κ2) is 9.84. The highest BCUT2D eigenvalue weighted by atomic mass is 79.9. The molecule has 0 fully saturated rings. The van der Waals surface area contributed by atoms with E-state index in [0.717, 1.165) is 16.4 Å². The minimum absolute atomic E-state index is 0.0000638. The SMILES string of the molecule is CCS(=O)(=O)CCN(c1cc(Br)c(C(=O)c2ccc(F)cc2Cl)cc1Cl)S(=O)[O-]. The number of benzene rings is 2. The van der Waals surface area contributed by atoms with Crippen LogP contribution in [0, 0.1) is 5.82 Å². The lowest BCUT2D eigenvalue weighted by Crippen LogP contribution is -2.31. The molecule has 0 aromatic heterocycles. The zero-order valence-electron chi connectivity index (χ0n) is 14.8. The summed E-state index contributed by atoms with van der Waals surface area (Å²) in [5.74, 6) is -1.68. The van der Waals surface area contributed by atoms with Crippen LogP contribution in [-0.4, -0.2) is 41.0 Å². The molecule has 1 unspecified atom stereocenters. The Hall–Kier alpha value is -1.04. The van der Waals surface area contributed by atoms with Gasteiger partial charge >= 0.3 is 0 Å². The highest BCUT2D eigenvalue weighted by Gasteiger charge is 2.22. The maximum atomic E-state index is 13.2. The van der Waals surface area contributed by atoms with Crippen molar-refractivity contribution in [1.29, 1.82) is 0 Å². The number of sulfone groups is 1. The minimum atomic E-state index is -3.41. The summed E-state index contributed by atoms with van der Waals surface area (Å²) in [5.41, 5.74) is 0.112. The molecule has 0 aliphatic rings. The number of carbonyl (C=O) groups excluding carboxylic acids is 1. The third kappa shape index (κ3) is 5.99. The van der Waals surface area contributed by atoms with Crippen molar-refractivity contribution in [2.75, 3.05) is 22.4 Å². The van der Waals surface area contributed by atoms with E-state index in [2.05, 4.69) is 15.9 Å². The number of anilines is 1. The summed E-state index contributed by atoms with van der Waals surface area (Å²) in [6.07, 6.45) is 0. The van der Waals surface area contributed by atoms with Crippen LogP contribution in [0.1, 0.15) is 22.8 Å². The first-order chi connectivity index (χ1) is 13.5. The fourth-order valence-electron chi connectivity index (χ4n) is 2.36. The summed E-state index contributed by atoms with van der Waals surface area (Å²) in [6.45, 7) is 1.12. The minimum Gasteiger partial charge on any atom is -0.755 e. The molecule has 0 radical (unpaired) electrons. The van der Waals surface area contributed by atoms with E-state index in [0.29, 0.717) is 0 Å². The number of hydrogen-bond donors (Lipinski definition) is 0. The van der Waals surface area contributed by atoms with Crippen molar-refractivity contribution in [1.82, 2.24) is 0 Å². The Kier molecular flexibility index (Phi) is 8.23. The average molecular weight is 546 g/mol. The van der Waals surface area contributed by atoms with Crippen LogP contribution in [0.4, 0.5) is 10.1 Å². The fourth-order valence-corrected chi connectivity index (χ4v) is 4.86. The van der Waals surface area contributed by atoms with E-state index >= 15 is 0 Å². The maximum Gasteiger partial charge on any atom is 0.195 e. The molecule has 1 atom stereocenters. The van der Waals surface area contributed by atoms with Crippen molar-refractivity contribution in [3.63, 3.8) is 0 Å². The first-order valence-electron chi connectivity index (χ1n) is 8.03. The van der Waals surface area contributed by atoms with Crippen LogP contribution in [0.2, 0.25) is 10.0 Å². The van der Waals surface area contributed by atoms with Crippen LogP contribution in [0.15, 0.2) is 34.8 Å². The van der Waals surface area contributed by atoms with Gasteiger partial charge in [0.1, 0.15) is 5.82 Å². The summed E-state index contributed by atoms with van der Waals surface area (Å²) in [6, 6.07) is 5.83. The van der Waals surface area contributed by atoms with Crippen molar-refractivity contribution >= 4 is 71.7 Å². The molecule has 0 N–H and O–H groups in total. The number of hydrogen-bond acceptors (Lipinski definition) is 5. The molecule has 29 heavy (non-hydrogen) atoms. The van der Waals surface area contributed by atoms with Gasteiger partial charge in [0.25, 0.3) is 0 Å². The predicted octanol–water partition coefficient (Wildman–Crippen LogP) is 4.16. The quantitative estimate of drug-likeness (QED) is 0.366. The number of carbonyl (C=O) groups is 1. The topological polar surface area (TPSA) is 94.6 Å². The van der Waals surface area contributed by atoms with Crippen LogP contribution in [0.3, 0.4) is 0 Å². The fraction of sp³-hybridized carbons (Fsp3) is 0.235. The van der Waals surface area contributed by atoms with Gasteiger partial charge in [0.15, 0.2) is 15.6 Å². The van der Waals surface area contributed by atoms with Crippen molar-refractivity contribution in [3.05, 3.63) is 61.8 Å². The zero-order chi connectivity index (χ0) is 21.9. The summed E-state index contributed by atoms with van der Waals surface area (Å²) in [4.78, 5) is 12.8. The first kappa shape index (κ1) is 24.2. The van der Waals surface area contributed by atoms with Crippen LogP contribution < -0.4 is 4.31 Å². The Balaban J connectivity index is 2.43. The van der Waals surface area contributed by atoms with Crippen LogP contribution in [0.5, 0.6) is 0 Å². The molecular weight excluding hydrogens is 532 g/mol. The summed E-state index contributed by atoms with van der Waals surface area (Å²) >= 11 is 12.5. The molecule has 0 saturated carbocycles. The summed E-state index contributed by atoms with van der Waals surface area (Å²) in [7, 11) is -3.41. The largest absolute Gasteiger partial charge is 0.755 e. The zero-order valence-corrected chi connectivity index (χ0v) is 19.6. The Labute approximate surface area is 188 Å². The Morgan fingerprint density at radius 1 is 1.21 bits per heavy atom. The number of nitrogens with zero attached hydrogens (tertiary/aromatic N) is 1. The van der Waals surface area contributed by atoms with E-state index in [1.54, 1.807) is 0 Å². The summed E-state index contributed by atoms with van der Waals surface area (Å²) < 4.78 is 60.9. The van der Waals surface area contributed by atoms with Crippen LogP contribution >= 0.6 is 39.1 Å². The van der Waals surface area contributed by atoms with Gasteiger partial charge in [-0.05, 0) is 46.3 Å². The van der Waals surface area contributed by atoms with Crippen molar-refractivity contribution < 1.29 is 26.4 Å². The predicted molar refractivity (Wildman–Crippen MR) is 115 cm³/mol. The molecule has 2 rings (SSSR count). The lowest BCUT2D eigenvalue weighted by atomic mass is 10.0. The normalized spacial score (nSPS) is 12.6. The van der Waals surface area contributed by atoms with Gasteiger partial charge in [-0.3, -0.25) is 9.00 Å². The molecule has 158 valence electrons. The number of rotatable bonds is 8.